The van der Waals surface area contributed by atoms with E-state index in [0.717, 1.165) is 61.0 Å². The van der Waals surface area contributed by atoms with Gasteiger partial charge >= 0.3 is 18.5 Å². The van der Waals surface area contributed by atoms with Crippen LogP contribution >= 0.6 is 27.7 Å². The Bertz CT molecular complexity index is 3540. The minimum absolute atomic E-state index is 0.0478. The van der Waals surface area contributed by atoms with Crippen LogP contribution in [0.15, 0.2) is 136 Å². The van der Waals surface area contributed by atoms with Crippen LogP contribution in [0.2, 0.25) is 0 Å². The number of nitrogens with zero attached hydrogens (tertiary/aromatic N) is 13. The molecule has 0 saturated carbocycles. The second-order valence-corrected chi connectivity index (χ2v) is 19.2. The number of hydrogen-bond acceptors (Lipinski definition) is 13. The maximum absolute atomic E-state index is 13.4. The summed E-state index contributed by atoms with van der Waals surface area (Å²) in [5.74, 6) is 1.54. The van der Waals surface area contributed by atoms with Crippen LogP contribution in [-0.4, -0.2) is 98.0 Å². The number of halogens is 10. The van der Waals surface area contributed by atoms with Gasteiger partial charge in [-0.15, -0.1) is 13.2 Å². The van der Waals surface area contributed by atoms with E-state index in [9.17, 15) is 49.1 Å². The van der Waals surface area contributed by atoms with E-state index in [1.165, 1.54) is 111 Å². The Morgan fingerprint density at radius 2 is 1.14 bits per heavy atom. The van der Waals surface area contributed by atoms with Gasteiger partial charge in [-0.2, -0.15) is 44.5 Å². The molecule has 2 saturated heterocycles. The fraction of sp³-hybridized carbons (Fsp3) is 0.300. The average molecular weight is 1160 g/mol. The van der Waals surface area contributed by atoms with Crippen molar-refractivity contribution in [2.75, 3.05) is 49.7 Å². The predicted octanol–water partition coefficient (Wildman–Crippen LogP) is 10.5. The first kappa shape index (κ1) is 55.8. The SMILES string of the molecule is C=CCn1c(=O)c2cnc(Nc3ccc(N4CCC5CN(C)CCC5C4)cc3)nc2n1-c1cccc(C(F)(F)F)n1.C=CCn1c(=O)c2cnc(SC)nc2n1-c1cccc(C(F)(F)F)n1.FC(F)(F)c1cccc(Br)n1. The number of aromatic nitrogens is 11. The van der Waals surface area contributed by atoms with Crippen molar-refractivity contribution < 1.29 is 39.5 Å². The zero-order valence-corrected chi connectivity index (χ0v) is 43.3. The van der Waals surface area contributed by atoms with Crippen molar-refractivity contribution in [3.63, 3.8) is 0 Å². The van der Waals surface area contributed by atoms with Crippen molar-refractivity contribution in [2.24, 2.45) is 11.8 Å². The lowest BCUT2D eigenvalue weighted by molar-refractivity contribution is -0.142. The summed E-state index contributed by atoms with van der Waals surface area (Å²) in [6, 6.07) is 18.7. The molecule has 2 aliphatic heterocycles. The number of benzene rings is 1. The molecule has 9 heterocycles. The van der Waals surface area contributed by atoms with Crippen LogP contribution < -0.4 is 21.3 Å². The quantitative estimate of drug-likeness (QED) is 0.0453. The molecular weight excluding hydrogens is 1110 g/mol. The number of hydrogen-bond donors (Lipinski definition) is 1. The summed E-state index contributed by atoms with van der Waals surface area (Å²) >= 11 is 4.10. The smallest absolute Gasteiger partial charge is 0.371 e. The van der Waals surface area contributed by atoms with Crippen LogP contribution in [-0.2, 0) is 31.6 Å². The standard InChI is InChI=1S/C29H31F3N8O.C15H12F3N5OS.C6H3BrF3N/c1-3-13-39-27(41)23-16-33-28(36-26(23)40(39)25-6-4-5-24(35-25)29(30,31)32)34-21-7-9-22(10-8-21)38-15-12-19-17-37(2)14-11-20(19)18-38;1-3-7-22-13(24)9-8-19-14(25-2)21-12(9)23(22)11-6-4-5-10(20-11)15(16,17)18;7-5-3-1-2-4(11-5)6(8,9)10/h3-10,16,19-20H,1,11-15,17-18H2,2H3,(H,33,34,36);3-6,8H,1,7H2,2H3;1-3H. The number of nitrogens with one attached hydrogen (secondary N) is 1. The number of fused-ring (bicyclic) bond motifs is 3. The zero-order chi connectivity index (χ0) is 55.4. The summed E-state index contributed by atoms with van der Waals surface area (Å²) in [5.41, 5.74) is -1.64. The van der Waals surface area contributed by atoms with Crippen molar-refractivity contribution in [3.8, 4) is 11.6 Å². The lowest BCUT2D eigenvalue weighted by atomic mass is 9.80. The minimum Gasteiger partial charge on any atom is -0.371 e. The largest absolute Gasteiger partial charge is 0.433 e. The second kappa shape index (κ2) is 23.1. The van der Waals surface area contributed by atoms with Gasteiger partial charge < -0.3 is 15.1 Å². The molecule has 0 spiro atoms. The van der Waals surface area contributed by atoms with E-state index in [1.807, 2.05) is 12.1 Å². The molecule has 1 aromatic carbocycles. The van der Waals surface area contributed by atoms with Crippen LogP contribution in [0.1, 0.15) is 29.9 Å². The molecule has 0 aliphatic carbocycles. The summed E-state index contributed by atoms with van der Waals surface area (Å²) in [5, 5.41) is 3.90. The third-order valence-electron chi connectivity index (χ3n) is 12.4. The van der Waals surface area contributed by atoms with Crippen LogP contribution in [0.4, 0.5) is 56.8 Å². The molecule has 2 atom stereocenters. The molecule has 0 amide bonds. The van der Waals surface area contributed by atoms with Crippen molar-refractivity contribution >= 4 is 67.1 Å². The summed E-state index contributed by atoms with van der Waals surface area (Å²) in [7, 11) is 2.20. The van der Waals surface area contributed by atoms with Crippen LogP contribution in [0, 0.1) is 11.8 Å². The highest BCUT2D eigenvalue weighted by Gasteiger charge is 2.36. The Morgan fingerprint density at radius 1 is 0.649 bits per heavy atom. The first-order valence-electron chi connectivity index (χ1n) is 23.4. The summed E-state index contributed by atoms with van der Waals surface area (Å²) in [6.07, 6.45) is -3.74. The number of anilines is 3. The van der Waals surface area contributed by atoms with Gasteiger partial charge in [0.15, 0.2) is 28.1 Å². The molecule has 0 bridgehead atoms. The molecule has 1 N–H and O–H groups in total. The average Bonchev–Trinajstić information content (AvgIpc) is 3.87. The number of pyridine rings is 3. The number of likely N-dealkylation sites (tertiary alicyclic amines) is 1. The minimum atomic E-state index is -4.64. The Hall–Kier alpha value is -7.39. The van der Waals surface area contributed by atoms with Gasteiger partial charge in [0, 0.05) is 43.4 Å². The van der Waals surface area contributed by atoms with Crippen LogP contribution in [0.3, 0.4) is 0 Å². The fourth-order valence-corrected chi connectivity index (χ4v) is 9.53. The van der Waals surface area contributed by atoms with E-state index in [4.69, 9.17) is 0 Å². The molecule has 16 nitrogen and oxygen atoms in total. The molecule has 8 aromatic rings. The maximum Gasteiger partial charge on any atom is 0.433 e. The van der Waals surface area contributed by atoms with E-state index in [2.05, 4.69) is 98.3 Å². The molecule has 27 heteroatoms. The predicted molar refractivity (Wildman–Crippen MR) is 277 cm³/mol. The molecule has 2 unspecified atom stereocenters. The molecule has 2 aliphatic rings. The Balaban J connectivity index is 0.000000183. The summed E-state index contributed by atoms with van der Waals surface area (Å²) < 4.78 is 120. The first-order chi connectivity index (χ1) is 36.6. The normalized spacial score (nSPS) is 16.0. The third-order valence-corrected chi connectivity index (χ3v) is 13.4. The van der Waals surface area contributed by atoms with Gasteiger partial charge in [0.2, 0.25) is 5.95 Å². The molecule has 404 valence electrons. The van der Waals surface area contributed by atoms with Crippen molar-refractivity contribution in [3.05, 3.63) is 159 Å². The molecule has 2 fully saturated rings. The van der Waals surface area contributed by atoms with E-state index in [0.29, 0.717) is 5.16 Å². The van der Waals surface area contributed by atoms with Crippen molar-refractivity contribution in [1.82, 2.24) is 58.5 Å². The van der Waals surface area contributed by atoms with Crippen molar-refractivity contribution in [2.45, 2.75) is 49.6 Å². The Labute approximate surface area is 445 Å². The number of thioether (sulfide) groups is 1. The van der Waals surface area contributed by atoms with Gasteiger partial charge in [0.05, 0.1) is 13.1 Å². The lowest BCUT2D eigenvalue weighted by Crippen LogP contribution is -2.48. The fourth-order valence-electron chi connectivity index (χ4n) is 8.85. The Morgan fingerprint density at radius 3 is 1.65 bits per heavy atom. The van der Waals surface area contributed by atoms with E-state index >= 15 is 0 Å². The topological polar surface area (TPSA) is 163 Å². The highest BCUT2D eigenvalue weighted by atomic mass is 79.9. The summed E-state index contributed by atoms with van der Waals surface area (Å²) in [6.45, 7) is 11.8. The third kappa shape index (κ3) is 12.7. The Kier molecular flexibility index (Phi) is 16.7. The van der Waals surface area contributed by atoms with Gasteiger partial charge in [0.25, 0.3) is 11.1 Å². The molecule has 7 aromatic heterocycles. The monoisotopic (exact) mass is 1160 g/mol. The lowest BCUT2D eigenvalue weighted by Gasteiger charge is -2.44. The van der Waals surface area contributed by atoms with Gasteiger partial charge in [-0.05, 0) is 121 Å². The van der Waals surface area contributed by atoms with E-state index in [-0.39, 0.29) is 57.3 Å². The van der Waals surface area contributed by atoms with Gasteiger partial charge in [-0.1, -0.05) is 42.1 Å². The molecule has 10 rings (SSSR count). The van der Waals surface area contributed by atoms with Gasteiger partial charge in [0.1, 0.15) is 32.5 Å². The molecule has 0 radical (unpaired) electrons. The number of alkyl halides is 9. The highest BCUT2D eigenvalue weighted by molar-refractivity contribution is 9.10. The van der Waals surface area contributed by atoms with Gasteiger partial charge in [-0.3, -0.25) is 9.59 Å². The van der Waals surface area contributed by atoms with Crippen LogP contribution in [0.5, 0.6) is 0 Å². The van der Waals surface area contributed by atoms with E-state index in [1.54, 1.807) is 6.26 Å². The molecule has 77 heavy (non-hydrogen) atoms. The van der Waals surface area contributed by atoms with Gasteiger partial charge in [-0.25, -0.2) is 48.6 Å². The van der Waals surface area contributed by atoms with Crippen LogP contribution in [0.25, 0.3) is 33.7 Å². The second-order valence-electron chi connectivity index (χ2n) is 17.6. The summed E-state index contributed by atoms with van der Waals surface area (Å²) in [4.78, 5) is 58.3. The maximum atomic E-state index is 13.4. The molecular formula is C50H46BrF9N14O2S. The number of allylic oxidation sites excluding steroid dienone is 2. The zero-order valence-electron chi connectivity index (χ0n) is 40.9. The van der Waals surface area contributed by atoms with Crippen molar-refractivity contribution in [1.29, 1.82) is 0 Å². The highest BCUT2D eigenvalue weighted by Crippen LogP contribution is 2.35. The first-order valence-corrected chi connectivity index (χ1v) is 25.4. The number of rotatable bonds is 10. The van der Waals surface area contributed by atoms with E-state index < -0.39 is 46.7 Å². The number of piperidine rings is 2.